The molecule has 6 aromatic rings. The van der Waals surface area contributed by atoms with Crippen molar-refractivity contribution in [3.63, 3.8) is 0 Å². The van der Waals surface area contributed by atoms with E-state index in [9.17, 15) is 4.79 Å². The molecule has 0 fully saturated rings. The molecule has 2 aliphatic rings. The summed E-state index contributed by atoms with van der Waals surface area (Å²) in [5, 5.41) is 2.35. The van der Waals surface area contributed by atoms with Gasteiger partial charge in [0, 0.05) is 5.56 Å². The maximum Gasteiger partial charge on any atom is 0.271 e. The Balaban J connectivity index is 1.18. The van der Waals surface area contributed by atoms with E-state index < -0.39 is 0 Å². The summed E-state index contributed by atoms with van der Waals surface area (Å²) in [5.41, 5.74) is 7.72. The van der Waals surface area contributed by atoms with E-state index in [1.54, 1.807) is 7.11 Å². The predicted octanol–water partition coefficient (Wildman–Crippen LogP) is 7.06. The number of aryl methyl sites for hydroxylation is 1. The fraction of sp³-hybridized carbons (Fsp3) is 0.128. The van der Waals surface area contributed by atoms with Crippen LogP contribution in [-0.2, 0) is 13.0 Å². The van der Waals surface area contributed by atoms with Gasteiger partial charge in [0.1, 0.15) is 6.61 Å². The van der Waals surface area contributed by atoms with Gasteiger partial charge in [0.05, 0.1) is 23.4 Å². The van der Waals surface area contributed by atoms with Crippen molar-refractivity contribution in [1.82, 2.24) is 4.57 Å². The largest absolute Gasteiger partial charge is 0.493 e. The molecule has 0 saturated heterocycles. The molecule has 1 aromatic heterocycles. The maximum atomic E-state index is 14.1. The van der Waals surface area contributed by atoms with Gasteiger partial charge in [-0.25, -0.2) is 4.99 Å². The Morgan fingerprint density at radius 1 is 0.867 bits per heavy atom. The standard InChI is InChI=1S/C39H30N2O3S/c1-43-34-22-25(18-21-33(34)44-24-29-15-9-14-26-10-5-7-16-30(26)29)23-35-38(42)41-37(28-12-3-2-4-13-28)32-20-19-27-11-6-8-17-31(27)36(32)40-39(41)45-35/h2-18,21-23,37H,19-20,24H2,1H3/b35-23+/t37-/m0/s1. The van der Waals surface area contributed by atoms with Crippen LogP contribution in [0.4, 0.5) is 0 Å². The third kappa shape index (κ3) is 4.88. The summed E-state index contributed by atoms with van der Waals surface area (Å²) in [7, 11) is 1.64. The van der Waals surface area contributed by atoms with Gasteiger partial charge >= 0.3 is 0 Å². The van der Waals surface area contributed by atoms with E-state index in [1.807, 2.05) is 59.2 Å². The molecule has 5 nitrogen and oxygen atoms in total. The first-order chi connectivity index (χ1) is 22.2. The third-order valence-electron chi connectivity index (χ3n) is 8.74. The Hall–Kier alpha value is -5.20. The molecule has 1 aliphatic carbocycles. The van der Waals surface area contributed by atoms with E-state index in [0.717, 1.165) is 40.0 Å². The average molecular weight is 607 g/mol. The highest BCUT2D eigenvalue weighted by Gasteiger charge is 2.32. The summed E-state index contributed by atoms with van der Waals surface area (Å²) >= 11 is 1.43. The van der Waals surface area contributed by atoms with Gasteiger partial charge in [-0.15, -0.1) is 0 Å². The molecule has 0 saturated carbocycles. The molecule has 8 rings (SSSR count). The van der Waals surface area contributed by atoms with Crippen LogP contribution in [0.15, 0.2) is 131 Å². The van der Waals surface area contributed by atoms with Crippen LogP contribution in [0.5, 0.6) is 11.5 Å². The van der Waals surface area contributed by atoms with Gasteiger partial charge in [0.25, 0.3) is 5.56 Å². The molecule has 0 bridgehead atoms. The van der Waals surface area contributed by atoms with Gasteiger partial charge in [-0.3, -0.25) is 9.36 Å². The molecule has 1 aliphatic heterocycles. The summed E-state index contributed by atoms with van der Waals surface area (Å²) in [6.45, 7) is 0.420. The monoisotopic (exact) mass is 606 g/mol. The highest BCUT2D eigenvalue weighted by molar-refractivity contribution is 7.07. The molecule has 0 radical (unpaired) electrons. The minimum absolute atomic E-state index is 0.0340. The highest BCUT2D eigenvalue weighted by Crippen LogP contribution is 2.41. The highest BCUT2D eigenvalue weighted by atomic mass is 32.1. The number of nitrogens with zero attached hydrogens (tertiary/aromatic N) is 2. The van der Waals surface area contributed by atoms with Crippen molar-refractivity contribution in [2.75, 3.05) is 7.11 Å². The number of aromatic nitrogens is 1. The molecular formula is C39H30N2O3S. The van der Waals surface area contributed by atoms with E-state index in [-0.39, 0.29) is 11.6 Å². The zero-order valence-corrected chi connectivity index (χ0v) is 25.6. The summed E-state index contributed by atoms with van der Waals surface area (Å²) in [5.74, 6) is 1.27. The first kappa shape index (κ1) is 27.4. The van der Waals surface area contributed by atoms with Crippen molar-refractivity contribution in [1.29, 1.82) is 0 Å². The molecule has 220 valence electrons. The number of ether oxygens (including phenoxy) is 2. The number of allylic oxidation sites excluding steroid dienone is 1. The summed E-state index contributed by atoms with van der Waals surface area (Å²) < 4.78 is 14.5. The van der Waals surface area contributed by atoms with Gasteiger partial charge in [-0.2, -0.15) is 0 Å². The topological polar surface area (TPSA) is 52.8 Å². The number of thiazole rings is 1. The van der Waals surface area contributed by atoms with Gasteiger partial charge in [-0.1, -0.05) is 114 Å². The first-order valence-electron chi connectivity index (χ1n) is 15.1. The number of rotatable bonds is 6. The second-order valence-electron chi connectivity index (χ2n) is 11.4. The van der Waals surface area contributed by atoms with E-state index in [0.29, 0.717) is 22.6 Å². The summed E-state index contributed by atoms with van der Waals surface area (Å²) in [4.78, 5) is 20.0. The SMILES string of the molecule is COc1cc(/C=c2/sc3n(c2=O)[C@@H](c2ccccc2)C2=C(N=3)c3ccccc3CC2)ccc1OCc1cccc2ccccc12. The van der Waals surface area contributed by atoms with Crippen LogP contribution in [0.1, 0.15) is 40.3 Å². The number of methoxy groups -OCH3 is 1. The third-order valence-corrected chi connectivity index (χ3v) is 9.72. The smallest absolute Gasteiger partial charge is 0.271 e. The van der Waals surface area contributed by atoms with E-state index in [4.69, 9.17) is 14.5 Å². The van der Waals surface area contributed by atoms with Crippen molar-refractivity contribution < 1.29 is 9.47 Å². The molecule has 0 spiro atoms. The minimum Gasteiger partial charge on any atom is -0.493 e. The maximum absolute atomic E-state index is 14.1. The lowest BCUT2D eigenvalue weighted by Gasteiger charge is -2.30. The molecule has 1 atom stereocenters. The quantitative estimate of drug-likeness (QED) is 0.204. The van der Waals surface area contributed by atoms with Crippen molar-refractivity contribution in [2.24, 2.45) is 4.99 Å². The molecule has 6 heteroatoms. The van der Waals surface area contributed by atoms with E-state index in [2.05, 4.69) is 66.7 Å². The second-order valence-corrected chi connectivity index (χ2v) is 12.4. The second kappa shape index (κ2) is 11.4. The summed E-state index contributed by atoms with van der Waals surface area (Å²) in [6, 6.07) is 39.0. The van der Waals surface area contributed by atoms with E-state index in [1.165, 1.54) is 38.8 Å². The lowest BCUT2D eigenvalue weighted by atomic mass is 9.83. The minimum atomic E-state index is -0.188. The van der Waals surface area contributed by atoms with Gasteiger partial charge in [0.2, 0.25) is 0 Å². The van der Waals surface area contributed by atoms with Crippen LogP contribution < -0.4 is 24.4 Å². The Labute approximate surface area is 264 Å². The zero-order chi connectivity index (χ0) is 30.3. The lowest BCUT2D eigenvalue weighted by molar-refractivity contribution is 0.285. The first-order valence-corrected chi connectivity index (χ1v) is 15.9. The van der Waals surface area contributed by atoms with Gasteiger partial charge < -0.3 is 9.47 Å². The summed E-state index contributed by atoms with van der Waals surface area (Å²) in [6.07, 6.45) is 3.74. The van der Waals surface area contributed by atoms with Gasteiger partial charge in [0.15, 0.2) is 16.3 Å². The Morgan fingerprint density at radius 3 is 2.56 bits per heavy atom. The molecule has 0 N–H and O–H groups in total. The Morgan fingerprint density at radius 2 is 1.67 bits per heavy atom. The van der Waals surface area contributed by atoms with Crippen LogP contribution in [-0.4, -0.2) is 11.7 Å². The molecule has 2 heterocycles. The Kier molecular flexibility index (Phi) is 6.92. The fourth-order valence-electron chi connectivity index (χ4n) is 6.58. The number of hydrogen-bond acceptors (Lipinski definition) is 5. The average Bonchev–Trinajstić information content (AvgIpc) is 3.40. The van der Waals surface area contributed by atoms with E-state index >= 15 is 0 Å². The van der Waals surface area contributed by atoms with Crippen LogP contribution in [0.3, 0.4) is 0 Å². The number of benzene rings is 5. The molecule has 0 unspecified atom stereocenters. The van der Waals surface area contributed by atoms with Crippen molar-refractivity contribution in [3.05, 3.63) is 168 Å². The fourth-order valence-corrected chi connectivity index (χ4v) is 7.58. The molecule has 45 heavy (non-hydrogen) atoms. The normalized spacial score (nSPS) is 15.7. The molecular weight excluding hydrogens is 577 g/mol. The lowest BCUT2D eigenvalue weighted by Crippen LogP contribution is -2.38. The van der Waals surface area contributed by atoms with Crippen LogP contribution in [0, 0.1) is 0 Å². The zero-order valence-electron chi connectivity index (χ0n) is 24.8. The van der Waals surface area contributed by atoms with Crippen molar-refractivity contribution in [3.8, 4) is 11.5 Å². The number of fused-ring (bicyclic) bond motifs is 4. The number of hydrogen-bond donors (Lipinski definition) is 0. The van der Waals surface area contributed by atoms with Crippen molar-refractivity contribution in [2.45, 2.75) is 25.5 Å². The van der Waals surface area contributed by atoms with Crippen molar-refractivity contribution >= 4 is 33.9 Å². The molecule has 5 aromatic carbocycles. The van der Waals surface area contributed by atoms with Crippen LogP contribution in [0.25, 0.3) is 22.5 Å². The van der Waals surface area contributed by atoms with Crippen LogP contribution >= 0.6 is 11.3 Å². The van der Waals surface area contributed by atoms with Crippen LogP contribution in [0.2, 0.25) is 0 Å². The van der Waals surface area contributed by atoms with Gasteiger partial charge in [-0.05, 0) is 69.6 Å². The molecule has 0 amide bonds. The Bertz CT molecular complexity index is 2290. The predicted molar refractivity (Wildman–Crippen MR) is 180 cm³/mol.